The summed E-state index contributed by atoms with van der Waals surface area (Å²) < 4.78 is 1.30. The first kappa shape index (κ1) is 24.3. The second-order valence-electron chi connectivity index (χ2n) is 9.29. The van der Waals surface area contributed by atoms with Crippen LogP contribution in [0.4, 0.5) is 17.3 Å². The van der Waals surface area contributed by atoms with Crippen LogP contribution >= 0.6 is 23.8 Å². The van der Waals surface area contributed by atoms with Crippen molar-refractivity contribution in [3.05, 3.63) is 123 Å². The van der Waals surface area contributed by atoms with Gasteiger partial charge in [0, 0.05) is 45.4 Å². The highest BCUT2D eigenvalue weighted by Gasteiger charge is 2.43. The van der Waals surface area contributed by atoms with E-state index in [9.17, 15) is 9.59 Å². The molecule has 1 aliphatic carbocycles. The lowest BCUT2D eigenvalue weighted by molar-refractivity contribution is -0.116. The van der Waals surface area contributed by atoms with Gasteiger partial charge in [-0.1, -0.05) is 66.2 Å². The van der Waals surface area contributed by atoms with Gasteiger partial charge in [-0.05, 0) is 61.0 Å². The topological polar surface area (TPSA) is 81.2 Å². The number of hydrogen-bond acceptors (Lipinski definition) is 6. The molecule has 1 aliphatic heterocycles. The zero-order valence-corrected chi connectivity index (χ0v) is 21.9. The Morgan fingerprint density at radius 3 is 2.32 bits per heavy atom. The van der Waals surface area contributed by atoms with Crippen LogP contribution in [0, 0.1) is 4.77 Å². The molecule has 0 amide bonds. The Hall–Kier alpha value is -4.07. The molecule has 8 heteroatoms. The summed E-state index contributed by atoms with van der Waals surface area (Å²) in [5.74, 6) is -0.300. The number of hydrogen-bond donors (Lipinski definition) is 1. The van der Waals surface area contributed by atoms with Gasteiger partial charge in [-0.15, -0.1) is 0 Å². The van der Waals surface area contributed by atoms with Crippen molar-refractivity contribution in [2.24, 2.45) is 0 Å². The maximum atomic E-state index is 13.6. The van der Waals surface area contributed by atoms with Gasteiger partial charge in [-0.25, -0.2) is 9.55 Å². The quantitative estimate of drug-likeness (QED) is 0.288. The largest absolute Gasteiger partial charge is 0.384 e. The highest BCUT2D eigenvalue weighted by Crippen LogP contribution is 2.52. The maximum absolute atomic E-state index is 13.6. The van der Waals surface area contributed by atoms with E-state index in [2.05, 4.69) is 0 Å². The highest BCUT2D eigenvalue weighted by atomic mass is 35.5. The molecule has 0 bridgehead atoms. The molecule has 2 heterocycles. The molecular formula is C30H23ClN4O2S. The number of ketones is 1. The summed E-state index contributed by atoms with van der Waals surface area (Å²) in [4.78, 5) is 34.1. The summed E-state index contributed by atoms with van der Waals surface area (Å²) >= 11 is 12.4. The third-order valence-corrected chi connectivity index (χ3v) is 7.71. The van der Waals surface area contributed by atoms with E-state index in [0.29, 0.717) is 40.4 Å². The fourth-order valence-corrected chi connectivity index (χ4v) is 5.96. The van der Waals surface area contributed by atoms with Gasteiger partial charge in [0.05, 0.1) is 0 Å². The van der Waals surface area contributed by atoms with Crippen LogP contribution < -0.4 is 10.6 Å². The summed E-state index contributed by atoms with van der Waals surface area (Å²) in [6.07, 6.45) is 1.83. The summed E-state index contributed by atoms with van der Waals surface area (Å²) in [6, 6.07) is 25.9. The number of allylic oxidation sites excluding steroid dienone is 2. The normalized spacial score (nSPS) is 16.7. The lowest BCUT2D eigenvalue weighted by Crippen LogP contribution is -2.35. The number of nitrogens with two attached hydrogens (primary N) is 1. The molecule has 0 saturated heterocycles. The lowest BCUT2D eigenvalue weighted by Gasteiger charge is -2.41. The number of aromatic nitrogens is 2. The lowest BCUT2D eigenvalue weighted by atomic mass is 9.75. The number of rotatable bonds is 3. The third-order valence-electron chi connectivity index (χ3n) is 7.09. The van der Waals surface area contributed by atoms with E-state index in [0.717, 1.165) is 23.4 Å². The number of carbonyl (C=O) groups excluding carboxylic acids is 2. The van der Waals surface area contributed by atoms with Gasteiger partial charge in [0.2, 0.25) is 4.77 Å². The van der Waals surface area contributed by atoms with E-state index in [4.69, 9.17) is 34.5 Å². The number of Topliss-reactive ketones (excluding diaryl/α,β-unsaturated/α-hetero) is 1. The van der Waals surface area contributed by atoms with Crippen molar-refractivity contribution in [1.82, 2.24) is 9.55 Å². The molecule has 0 radical (unpaired) electrons. The zero-order valence-electron chi connectivity index (χ0n) is 20.3. The van der Waals surface area contributed by atoms with Crippen LogP contribution in [-0.2, 0) is 4.79 Å². The molecule has 1 atom stereocenters. The molecule has 0 saturated carbocycles. The highest BCUT2D eigenvalue weighted by molar-refractivity contribution is 7.71. The summed E-state index contributed by atoms with van der Waals surface area (Å²) in [5, 5.41) is 0.504. The maximum Gasteiger partial charge on any atom is 0.265 e. The number of fused-ring (bicyclic) bond motifs is 1. The van der Waals surface area contributed by atoms with Crippen LogP contribution in [0.1, 0.15) is 46.7 Å². The number of benzene rings is 3. The van der Waals surface area contributed by atoms with Gasteiger partial charge in [-0.3, -0.25) is 14.5 Å². The molecule has 2 aliphatic rings. The van der Waals surface area contributed by atoms with Gasteiger partial charge in [0.15, 0.2) is 5.78 Å². The van der Waals surface area contributed by atoms with Gasteiger partial charge in [-0.2, -0.15) is 0 Å². The van der Waals surface area contributed by atoms with E-state index >= 15 is 0 Å². The van der Waals surface area contributed by atoms with Crippen molar-refractivity contribution in [2.45, 2.75) is 25.2 Å². The molecule has 38 heavy (non-hydrogen) atoms. The monoisotopic (exact) mass is 538 g/mol. The average molecular weight is 539 g/mol. The number of nitrogens with zero attached hydrogens (tertiary/aromatic N) is 3. The fourth-order valence-electron chi connectivity index (χ4n) is 5.45. The summed E-state index contributed by atoms with van der Waals surface area (Å²) in [5.41, 5.74) is 10.9. The second-order valence-corrected chi connectivity index (χ2v) is 10.1. The molecule has 3 aromatic carbocycles. The standard InChI is InChI=1S/C30H23ClN4O2S/c31-21-15-8-7-14-20(21)24-25-22(16-9-17-23(25)36)34(19-12-5-2-6-13-19)28-26(24)27(32)35(30(38)33-28)29(37)18-10-3-1-4-11-18/h1-8,10-15,24H,9,16-17,32H2. The van der Waals surface area contributed by atoms with E-state index in [1.807, 2.05) is 59.5 Å². The molecule has 0 fully saturated rings. The molecule has 1 aromatic heterocycles. The minimum absolute atomic E-state index is 0.0329. The minimum Gasteiger partial charge on any atom is -0.384 e. The van der Waals surface area contributed by atoms with E-state index in [-0.39, 0.29) is 22.3 Å². The first-order valence-electron chi connectivity index (χ1n) is 12.4. The summed E-state index contributed by atoms with van der Waals surface area (Å²) in [6.45, 7) is 0. The number of para-hydroxylation sites is 1. The molecule has 188 valence electrons. The van der Waals surface area contributed by atoms with Crippen LogP contribution in [0.15, 0.2) is 96.2 Å². The molecule has 6 nitrogen and oxygen atoms in total. The van der Waals surface area contributed by atoms with Gasteiger partial charge >= 0.3 is 0 Å². The first-order valence-corrected chi connectivity index (χ1v) is 13.1. The van der Waals surface area contributed by atoms with E-state index in [1.54, 1.807) is 30.3 Å². The molecule has 0 spiro atoms. The van der Waals surface area contributed by atoms with Crippen molar-refractivity contribution >= 4 is 52.8 Å². The Morgan fingerprint density at radius 1 is 0.947 bits per heavy atom. The number of halogens is 1. The molecule has 2 N–H and O–H groups in total. The third kappa shape index (κ3) is 3.86. The Bertz CT molecular complexity index is 1680. The van der Waals surface area contributed by atoms with Crippen LogP contribution in [0.25, 0.3) is 0 Å². The van der Waals surface area contributed by atoms with Crippen molar-refractivity contribution in [3.8, 4) is 0 Å². The Balaban J connectivity index is 1.71. The molecule has 1 unspecified atom stereocenters. The SMILES string of the molecule is Nc1c2c(nc(=S)n1C(=O)c1ccccc1)N(c1ccccc1)C1=C(C(=O)CCC1)C2c1ccccc1Cl. The molecule has 6 rings (SSSR count). The van der Waals surface area contributed by atoms with Crippen LogP contribution in [-0.4, -0.2) is 21.2 Å². The smallest absolute Gasteiger partial charge is 0.265 e. The average Bonchev–Trinajstić information content (AvgIpc) is 2.93. The fraction of sp³-hybridized carbons (Fsp3) is 0.133. The van der Waals surface area contributed by atoms with Gasteiger partial charge in [0.25, 0.3) is 5.91 Å². The Labute approximate surface area is 230 Å². The van der Waals surface area contributed by atoms with Crippen molar-refractivity contribution in [1.29, 1.82) is 0 Å². The predicted octanol–water partition coefficient (Wildman–Crippen LogP) is 6.83. The number of nitrogen functional groups attached to an aromatic ring is 1. The zero-order chi connectivity index (χ0) is 26.4. The van der Waals surface area contributed by atoms with Crippen molar-refractivity contribution in [3.63, 3.8) is 0 Å². The van der Waals surface area contributed by atoms with Gasteiger partial charge < -0.3 is 5.73 Å². The van der Waals surface area contributed by atoms with E-state index < -0.39 is 5.92 Å². The van der Waals surface area contributed by atoms with Crippen LogP contribution in [0.5, 0.6) is 0 Å². The van der Waals surface area contributed by atoms with Crippen molar-refractivity contribution < 1.29 is 9.59 Å². The molecule has 4 aromatic rings. The molecular weight excluding hydrogens is 516 g/mol. The number of carbonyl (C=O) groups is 2. The van der Waals surface area contributed by atoms with Crippen LogP contribution in [0.3, 0.4) is 0 Å². The summed E-state index contributed by atoms with van der Waals surface area (Å²) in [7, 11) is 0. The Kier molecular flexibility index (Phi) is 6.18. The van der Waals surface area contributed by atoms with Crippen molar-refractivity contribution in [2.75, 3.05) is 10.6 Å². The minimum atomic E-state index is -0.598. The van der Waals surface area contributed by atoms with Gasteiger partial charge in [0.1, 0.15) is 11.6 Å². The number of anilines is 3. The Morgan fingerprint density at radius 2 is 1.61 bits per heavy atom. The van der Waals surface area contributed by atoms with Crippen LogP contribution in [0.2, 0.25) is 5.02 Å². The second kappa shape index (κ2) is 9.67. The predicted molar refractivity (Wildman–Crippen MR) is 151 cm³/mol. The van der Waals surface area contributed by atoms with E-state index in [1.165, 1.54) is 4.57 Å². The first-order chi connectivity index (χ1) is 18.5.